The van der Waals surface area contributed by atoms with Crippen molar-refractivity contribution in [2.24, 2.45) is 0 Å². The van der Waals surface area contributed by atoms with Gasteiger partial charge in [-0.25, -0.2) is 0 Å². The molecule has 0 saturated heterocycles. The third-order valence-electron chi connectivity index (χ3n) is 1.87. The second-order valence-corrected chi connectivity index (χ2v) is 4.06. The van der Waals surface area contributed by atoms with E-state index in [0.717, 1.165) is 0 Å². The van der Waals surface area contributed by atoms with Crippen LogP contribution in [0.15, 0.2) is 0 Å². The van der Waals surface area contributed by atoms with E-state index in [-0.39, 0.29) is 13.2 Å². The molecule has 0 N–H and O–H groups in total. The topological polar surface area (TPSA) is 29.5 Å². The number of alkyl halides is 4. The molecule has 0 aliphatic rings. The van der Waals surface area contributed by atoms with Crippen molar-refractivity contribution in [3.8, 4) is 0 Å². The molecule has 96 valence electrons. The van der Waals surface area contributed by atoms with Crippen molar-refractivity contribution in [2.75, 3.05) is 27.3 Å². The highest BCUT2D eigenvalue weighted by atomic mass is 35.5. The molecular weight excluding hydrogens is 247 g/mol. The lowest BCUT2D eigenvalue weighted by atomic mass is 10.2. The standard InChI is InChI=1S/C9H15ClF3NO2/c1-14(5-7(10)6-16-2)8(15)3-4-9(11,12)13/h7H,3-6H2,1-2H3. The largest absolute Gasteiger partial charge is 0.389 e. The Balaban J connectivity index is 3.90. The Labute approximate surface area is 97.5 Å². The van der Waals surface area contributed by atoms with Gasteiger partial charge < -0.3 is 9.64 Å². The number of methoxy groups -OCH3 is 1. The second-order valence-electron chi connectivity index (χ2n) is 3.44. The number of carbonyl (C=O) groups is 1. The van der Waals surface area contributed by atoms with Crippen molar-refractivity contribution in [3.05, 3.63) is 0 Å². The molecule has 1 unspecified atom stereocenters. The molecule has 0 aromatic rings. The van der Waals surface area contributed by atoms with E-state index in [1.54, 1.807) is 0 Å². The molecule has 0 radical (unpaired) electrons. The highest BCUT2D eigenvalue weighted by Gasteiger charge is 2.28. The third-order valence-corrected chi connectivity index (χ3v) is 2.13. The zero-order valence-electron chi connectivity index (χ0n) is 9.18. The first kappa shape index (κ1) is 15.5. The first-order chi connectivity index (χ1) is 7.26. The van der Waals surface area contributed by atoms with Crippen molar-refractivity contribution in [2.45, 2.75) is 24.4 Å². The summed E-state index contributed by atoms with van der Waals surface area (Å²) in [6.07, 6.45) is -5.95. The molecule has 3 nitrogen and oxygen atoms in total. The number of amides is 1. The molecule has 0 saturated carbocycles. The Bertz CT molecular complexity index is 223. The second kappa shape index (κ2) is 6.96. The van der Waals surface area contributed by atoms with E-state index in [0.29, 0.717) is 0 Å². The molecule has 0 aliphatic heterocycles. The van der Waals surface area contributed by atoms with Gasteiger partial charge >= 0.3 is 6.18 Å². The molecule has 0 fully saturated rings. The number of nitrogens with zero attached hydrogens (tertiary/aromatic N) is 1. The molecule has 0 heterocycles. The Morgan fingerprint density at radius 2 is 2.06 bits per heavy atom. The number of ether oxygens (including phenoxy) is 1. The van der Waals surface area contributed by atoms with Crippen molar-refractivity contribution in [1.82, 2.24) is 4.90 Å². The molecule has 0 spiro atoms. The quantitative estimate of drug-likeness (QED) is 0.685. The van der Waals surface area contributed by atoms with E-state index in [2.05, 4.69) is 0 Å². The fourth-order valence-electron chi connectivity index (χ4n) is 1.07. The lowest BCUT2D eigenvalue weighted by Gasteiger charge is -2.20. The first-order valence-corrected chi connectivity index (χ1v) is 5.13. The van der Waals surface area contributed by atoms with Gasteiger partial charge in [0.2, 0.25) is 5.91 Å². The van der Waals surface area contributed by atoms with Gasteiger partial charge in [0.15, 0.2) is 0 Å². The fraction of sp³-hybridized carbons (Fsp3) is 0.889. The molecule has 16 heavy (non-hydrogen) atoms. The van der Waals surface area contributed by atoms with Crippen LogP contribution < -0.4 is 0 Å². The monoisotopic (exact) mass is 261 g/mol. The average Bonchev–Trinajstić information content (AvgIpc) is 2.13. The normalized spacial score (nSPS) is 13.6. The molecule has 7 heteroatoms. The zero-order chi connectivity index (χ0) is 12.8. The minimum Gasteiger partial charge on any atom is -0.383 e. The summed E-state index contributed by atoms with van der Waals surface area (Å²) in [6, 6.07) is 0. The highest BCUT2D eigenvalue weighted by Crippen LogP contribution is 2.21. The minimum absolute atomic E-state index is 0.173. The zero-order valence-corrected chi connectivity index (χ0v) is 9.94. The highest BCUT2D eigenvalue weighted by molar-refractivity contribution is 6.21. The van der Waals surface area contributed by atoms with Crippen LogP contribution in [0.2, 0.25) is 0 Å². The predicted octanol–water partition coefficient (Wildman–Crippen LogP) is 2.04. The minimum atomic E-state index is -4.30. The van der Waals surface area contributed by atoms with Gasteiger partial charge in [-0.3, -0.25) is 4.79 Å². The van der Waals surface area contributed by atoms with E-state index < -0.39 is 30.3 Å². The fourth-order valence-corrected chi connectivity index (χ4v) is 1.41. The molecule has 0 rings (SSSR count). The van der Waals surface area contributed by atoms with E-state index in [4.69, 9.17) is 16.3 Å². The smallest absolute Gasteiger partial charge is 0.383 e. The number of hydrogen-bond acceptors (Lipinski definition) is 2. The van der Waals surface area contributed by atoms with Gasteiger partial charge in [0, 0.05) is 27.1 Å². The predicted molar refractivity (Wildman–Crippen MR) is 54.4 cm³/mol. The van der Waals surface area contributed by atoms with E-state index in [9.17, 15) is 18.0 Å². The van der Waals surface area contributed by atoms with Gasteiger partial charge in [0.1, 0.15) is 0 Å². The number of rotatable bonds is 6. The van der Waals surface area contributed by atoms with Crippen molar-refractivity contribution < 1.29 is 22.7 Å². The summed E-state index contributed by atoms with van der Waals surface area (Å²) in [5.41, 5.74) is 0. The van der Waals surface area contributed by atoms with Crippen LogP contribution in [0.3, 0.4) is 0 Å². The van der Waals surface area contributed by atoms with Crippen LogP contribution in [0.1, 0.15) is 12.8 Å². The van der Waals surface area contributed by atoms with Crippen LogP contribution >= 0.6 is 11.6 Å². The summed E-state index contributed by atoms with van der Waals surface area (Å²) in [6.45, 7) is 0.421. The maximum Gasteiger partial charge on any atom is 0.389 e. The summed E-state index contributed by atoms with van der Waals surface area (Å²) in [5, 5.41) is -0.412. The molecule has 0 aromatic heterocycles. The maximum atomic E-state index is 11.8. The molecule has 1 atom stereocenters. The SMILES string of the molecule is COCC(Cl)CN(C)C(=O)CCC(F)(F)F. The summed E-state index contributed by atoms with van der Waals surface area (Å²) in [7, 11) is 2.88. The third kappa shape index (κ3) is 7.76. The number of hydrogen-bond donors (Lipinski definition) is 0. The van der Waals surface area contributed by atoms with Gasteiger partial charge in [-0.05, 0) is 0 Å². The number of carbonyl (C=O) groups excluding carboxylic acids is 1. The van der Waals surface area contributed by atoms with E-state index >= 15 is 0 Å². The Morgan fingerprint density at radius 3 is 2.50 bits per heavy atom. The number of halogens is 4. The van der Waals surface area contributed by atoms with Crippen molar-refractivity contribution in [3.63, 3.8) is 0 Å². The van der Waals surface area contributed by atoms with Crippen LogP contribution in [0, 0.1) is 0 Å². The van der Waals surface area contributed by atoms with Crippen molar-refractivity contribution in [1.29, 1.82) is 0 Å². The lowest BCUT2D eigenvalue weighted by molar-refractivity contribution is -0.148. The van der Waals surface area contributed by atoms with Crippen LogP contribution in [0.25, 0.3) is 0 Å². The van der Waals surface area contributed by atoms with Gasteiger partial charge in [-0.1, -0.05) is 0 Å². The van der Waals surface area contributed by atoms with Crippen molar-refractivity contribution >= 4 is 17.5 Å². The molecular formula is C9H15ClF3NO2. The summed E-state index contributed by atoms with van der Waals surface area (Å²) >= 11 is 5.77. The Hall–Kier alpha value is -0.490. The van der Waals surface area contributed by atoms with Crippen LogP contribution in [-0.4, -0.2) is 49.7 Å². The van der Waals surface area contributed by atoms with Crippen LogP contribution in [0.4, 0.5) is 13.2 Å². The summed E-state index contributed by atoms with van der Waals surface area (Å²) in [4.78, 5) is 12.4. The van der Waals surface area contributed by atoms with Crippen LogP contribution in [-0.2, 0) is 9.53 Å². The average molecular weight is 262 g/mol. The maximum absolute atomic E-state index is 11.8. The first-order valence-electron chi connectivity index (χ1n) is 4.70. The van der Waals surface area contributed by atoms with Crippen LogP contribution in [0.5, 0.6) is 0 Å². The van der Waals surface area contributed by atoms with Gasteiger partial charge in [0.25, 0.3) is 0 Å². The molecule has 0 aromatic carbocycles. The molecule has 0 bridgehead atoms. The molecule has 0 aliphatic carbocycles. The Kier molecular flexibility index (Phi) is 6.74. The van der Waals surface area contributed by atoms with E-state index in [1.165, 1.54) is 19.1 Å². The van der Waals surface area contributed by atoms with Gasteiger partial charge in [0.05, 0.1) is 18.4 Å². The Morgan fingerprint density at radius 1 is 1.50 bits per heavy atom. The van der Waals surface area contributed by atoms with Gasteiger partial charge in [-0.15, -0.1) is 11.6 Å². The van der Waals surface area contributed by atoms with E-state index in [1.807, 2.05) is 0 Å². The summed E-state index contributed by atoms with van der Waals surface area (Å²) in [5.74, 6) is -0.570. The van der Waals surface area contributed by atoms with Gasteiger partial charge in [-0.2, -0.15) is 13.2 Å². The summed E-state index contributed by atoms with van der Waals surface area (Å²) < 4.78 is 40.3. The lowest BCUT2D eigenvalue weighted by Crippen LogP contribution is -2.34. The molecule has 1 amide bonds.